The van der Waals surface area contributed by atoms with Gasteiger partial charge in [0, 0.05) is 42.1 Å². The Morgan fingerprint density at radius 1 is 0.905 bits per heavy atom. The van der Waals surface area contributed by atoms with Crippen LogP contribution in [0.3, 0.4) is 0 Å². The lowest BCUT2D eigenvalue weighted by Gasteiger charge is -2.27. The van der Waals surface area contributed by atoms with E-state index in [9.17, 15) is 9.59 Å². The minimum absolute atomic E-state index is 0.136. The van der Waals surface area contributed by atoms with E-state index in [0.29, 0.717) is 54.3 Å². The van der Waals surface area contributed by atoms with Gasteiger partial charge in [0.1, 0.15) is 0 Å². The van der Waals surface area contributed by atoms with Crippen molar-refractivity contribution in [2.24, 2.45) is 0 Å². The van der Waals surface area contributed by atoms with E-state index in [-0.39, 0.29) is 5.91 Å². The summed E-state index contributed by atoms with van der Waals surface area (Å²) in [7, 11) is 4.00. The Labute approximate surface area is 249 Å². The summed E-state index contributed by atoms with van der Waals surface area (Å²) in [4.78, 5) is 44.3. The van der Waals surface area contributed by atoms with Crippen molar-refractivity contribution in [3.63, 3.8) is 0 Å². The highest BCUT2D eigenvalue weighted by Crippen LogP contribution is 2.27. The van der Waals surface area contributed by atoms with Gasteiger partial charge in [0.2, 0.25) is 5.95 Å². The Balaban J connectivity index is 1.20. The van der Waals surface area contributed by atoms with Crippen molar-refractivity contribution in [2.45, 2.75) is 6.42 Å². The molecule has 1 saturated heterocycles. The molecule has 2 aromatic heterocycles. The molecule has 0 bridgehead atoms. The first-order valence-corrected chi connectivity index (χ1v) is 14.7. The molecule has 1 aliphatic heterocycles. The molecule has 11 nitrogen and oxygen atoms in total. The number of ether oxygens (including phenoxy) is 1. The molecule has 0 unspecified atom stereocenters. The number of anilines is 3. The number of carbonyl (C=O) groups is 2. The Morgan fingerprint density at radius 3 is 2.21 bits per heavy atom. The molecule has 0 spiro atoms. The summed E-state index contributed by atoms with van der Waals surface area (Å²) in [5, 5.41) is 10.5. The predicted molar refractivity (Wildman–Crippen MR) is 166 cm³/mol. The van der Waals surface area contributed by atoms with Crippen LogP contribution in [0.25, 0.3) is 22.1 Å². The quantitative estimate of drug-likeness (QED) is 0.233. The largest absolute Gasteiger partial charge is 0.378 e. The molecule has 42 heavy (non-hydrogen) atoms. The van der Waals surface area contributed by atoms with Crippen molar-refractivity contribution in [3.05, 3.63) is 71.6 Å². The van der Waals surface area contributed by atoms with E-state index in [1.54, 1.807) is 35.6 Å². The number of aromatic nitrogens is 3. The summed E-state index contributed by atoms with van der Waals surface area (Å²) in [6.45, 7) is 4.22. The summed E-state index contributed by atoms with van der Waals surface area (Å²) in [6, 6.07) is 17.7. The average molecular weight is 587 g/mol. The van der Waals surface area contributed by atoms with Crippen molar-refractivity contribution in [2.75, 3.05) is 69.0 Å². The zero-order valence-electron chi connectivity index (χ0n) is 23.7. The van der Waals surface area contributed by atoms with Crippen LogP contribution in [0.4, 0.5) is 22.1 Å². The standard InChI is InChI=1S/C30H34N8O3S/c1-37(2)15-4-14-31-28(39)22-8-12-24(13-9-22)33-30(40)32-23-10-6-21(7-11-23)26-34-27(25-5-3-20-42-25)36-29(35-26)38-16-18-41-19-17-38/h3,5-13,20H,4,14-19H2,1-2H3,(H,31,39)(H2,32,33,40). The van der Waals surface area contributed by atoms with Crippen LogP contribution in [0.2, 0.25) is 0 Å². The number of hydrogen-bond acceptors (Lipinski definition) is 9. The van der Waals surface area contributed by atoms with Gasteiger partial charge in [-0.05, 0) is 87.0 Å². The van der Waals surface area contributed by atoms with Gasteiger partial charge in [0.15, 0.2) is 11.6 Å². The third kappa shape index (κ3) is 7.87. The van der Waals surface area contributed by atoms with Gasteiger partial charge >= 0.3 is 6.03 Å². The van der Waals surface area contributed by atoms with Gasteiger partial charge in [-0.15, -0.1) is 11.3 Å². The molecule has 3 amide bonds. The average Bonchev–Trinajstić information content (AvgIpc) is 3.55. The van der Waals surface area contributed by atoms with E-state index in [4.69, 9.17) is 19.7 Å². The summed E-state index contributed by atoms with van der Waals surface area (Å²) >= 11 is 1.58. The fraction of sp³-hybridized carbons (Fsp3) is 0.300. The number of amides is 3. The molecule has 0 aliphatic carbocycles. The maximum Gasteiger partial charge on any atom is 0.323 e. The lowest BCUT2D eigenvalue weighted by molar-refractivity contribution is 0.0952. The van der Waals surface area contributed by atoms with Gasteiger partial charge in [0.25, 0.3) is 5.91 Å². The second-order valence-corrected chi connectivity index (χ2v) is 11.0. The summed E-state index contributed by atoms with van der Waals surface area (Å²) in [5.74, 6) is 1.68. The number of nitrogens with zero attached hydrogens (tertiary/aromatic N) is 5. The predicted octanol–water partition coefficient (Wildman–Crippen LogP) is 4.43. The Morgan fingerprint density at radius 2 is 1.57 bits per heavy atom. The molecular formula is C30H34N8O3S. The van der Waals surface area contributed by atoms with Crippen LogP contribution in [0.5, 0.6) is 0 Å². The molecule has 1 aliphatic rings. The Kier molecular flexibility index (Phi) is 9.70. The highest BCUT2D eigenvalue weighted by molar-refractivity contribution is 7.13. The summed E-state index contributed by atoms with van der Waals surface area (Å²) < 4.78 is 5.49. The molecule has 12 heteroatoms. The van der Waals surface area contributed by atoms with E-state index < -0.39 is 6.03 Å². The number of nitrogens with one attached hydrogen (secondary N) is 3. The van der Waals surface area contributed by atoms with E-state index in [2.05, 4.69) is 25.8 Å². The normalized spacial score (nSPS) is 13.2. The SMILES string of the molecule is CN(C)CCCNC(=O)c1ccc(NC(=O)Nc2ccc(-c3nc(-c4cccs4)nc(N4CCOCC4)n3)cc2)cc1. The van der Waals surface area contributed by atoms with Crippen LogP contribution in [-0.4, -0.2) is 85.3 Å². The third-order valence-corrected chi connectivity index (χ3v) is 7.40. The van der Waals surface area contributed by atoms with Gasteiger partial charge in [0.05, 0.1) is 18.1 Å². The van der Waals surface area contributed by atoms with E-state index >= 15 is 0 Å². The number of benzene rings is 2. The number of rotatable bonds is 10. The molecule has 0 saturated carbocycles. The zero-order chi connectivity index (χ0) is 29.3. The van der Waals surface area contributed by atoms with Crippen LogP contribution in [0.1, 0.15) is 16.8 Å². The van der Waals surface area contributed by atoms with Crippen molar-refractivity contribution in [1.29, 1.82) is 0 Å². The monoisotopic (exact) mass is 586 g/mol. The summed E-state index contributed by atoms with van der Waals surface area (Å²) in [5.41, 5.74) is 2.55. The van der Waals surface area contributed by atoms with Gasteiger partial charge < -0.3 is 30.5 Å². The molecule has 2 aromatic carbocycles. The van der Waals surface area contributed by atoms with E-state index in [1.807, 2.05) is 55.9 Å². The highest BCUT2D eigenvalue weighted by atomic mass is 32.1. The smallest absolute Gasteiger partial charge is 0.323 e. The number of thiophene rings is 1. The van der Waals surface area contributed by atoms with Crippen LogP contribution in [-0.2, 0) is 4.74 Å². The minimum Gasteiger partial charge on any atom is -0.378 e. The number of carbonyl (C=O) groups excluding carboxylic acids is 2. The van der Waals surface area contributed by atoms with E-state index in [1.165, 1.54) is 0 Å². The molecule has 0 radical (unpaired) electrons. The molecule has 5 rings (SSSR count). The van der Waals surface area contributed by atoms with Crippen LogP contribution < -0.4 is 20.9 Å². The number of urea groups is 1. The third-order valence-electron chi connectivity index (χ3n) is 6.53. The van der Waals surface area contributed by atoms with Crippen molar-refractivity contribution >= 4 is 40.6 Å². The second kappa shape index (κ2) is 14.0. The zero-order valence-corrected chi connectivity index (χ0v) is 24.5. The highest BCUT2D eigenvalue weighted by Gasteiger charge is 2.18. The van der Waals surface area contributed by atoms with Gasteiger partial charge in [-0.2, -0.15) is 9.97 Å². The molecular weight excluding hydrogens is 552 g/mol. The summed E-state index contributed by atoms with van der Waals surface area (Å²) in [6.07, 6.45) is 0.876. The first-order chi connectivity index (χ1) is 20.4. The molecule has 1 fully saturated rings. The lowest BCUT2D eigenvalue weighted by atomic mass is 10.2. The van der Waals surface area contributed by atoms with Gasteiger partial charge in [-0.25, -0.2) is 9.78 Å². The maximum absolute atomic E-state index is 12.6. The first kappa shape index (κ1) is 29.1. The van der Waals surface area contributed by atoms with Crippen LogP contribution in [0.15, 0.2) is 66.0 Å². The lowest BCUT2D eigenvalue weighted by Crippen LogP contribution is -2.37. The van der Waals surface area contributed by atoms with E-state index in [0.717, 1.165) is 36.5 Å². The van der Waals surface area contributed by atoms with Crippen LogP contribution >= 0.6 is 11.3 Å². The molecule has 0 atom stereocenters. The van der Waals surface area contributed by atoms with Gasteiger partial charge in [-0.1, -0.05) is 6.07 Å². The first-order valence-electron chi connectivity index (χ1n) is 13.8. The molecule has 3 heterocycles. The fourth-order valence-corrected chi connectivity index (χ4v) is 4.97. The molecule has 218 valence electrons. The molecule has 4 aromatic rings. The minimum atomic E-state index is -0.390. The second-order valence-electron chi connectivity index (χ2n) is 10.0. The molecule has 3 N–H and O–H groups in total. The maximum atomic E-state index is 12.6. The number of morpholine rings is 1. The van der Waals surface area contributed by atoms with Crippen LogP contribution in [0, 0.1) is 0 Å². The Bertz CT molecular complexity index is 1470. The number of hydrogen-bond donors (Lipinski definition) is 3. The van der Waals surface area contributed by atoms with Crippen molar-refractivity contribution in [3.8, 4) is 22.1 Å². The van der Waals surface area contributed by atoms with Crippen molar-refractivity contribution in [1.82, 2.24) is 25.2 Å². The fourth-order valence-electron chi connectivity index (χ4n) is 4.31. The van der Waals surface area contributed by atoms with Crippen molar-refractivity contribution < 1.29 is 14.3 Å². The van der Waals surface area contributed by atoms with Gasteiger partial charge in [-0.3, -0.25) is 4.79 Å². The Hall–Kier alpha value is -4.39. The topological polar surface area (TPSA) is 125 Å².